The molecule has 1 amide bonds. The number of carbonyl (C=O) groups is 2. The van der Waals surface area contributed by atoms with Crippen LogP contribution in [0.5, 0.6) is 23.0 Å². The quantitative estimate of drug-likeness (QED) is 0.208. The van der Waals surface area contributed by atoms with Crippen LogP contribution in [0, 0.1) is 0 Å². The number of aliphatic hydroxyl groups is 1. The second-order valence-electron chi connectivity index (χ2n) is 8.68. The highest BCUT2D eigenvalue weighted by atomic mass is 16.6. The first-order valence-corrected chi connectivity index (χ1v) is 12.6. The van der Waals surface area contributed by atoms with Crippen LogP contribution in [0.4, 0.5) is 0 Å². The Morgan fingerprint density at radius 2 is 1.78 bits per heavy atom. The van der Waals surface area contributed by atoms with E-state index in [4.69, 9.17) is 23.7 Å². The lowest BCUT2D eigenvalue weighted by molar-refractivity contribution is -0.140. The minimum Gasteiger partial charge on any atom is -0.507 e. The molecule has 0 radical (unpaired) electrons. The largest absolute Gasteiger partial charge is 0.507 e. The maximum atomic E-state index is 13.3. The van der Waals surface area contributed by atoms with Crippen molar-refractivity contribution in [2.75, 3.05) is 46.7 Å². The summed E-state index contributed by atoms with van der Waals surface area (Å²) < 4.78 is 28.0. The third-order valence-corrected chi connectivity index (χ3v) is 6.15. The Labute approximate surface area is 216 Å². The lowest BCUT2D eigenvalue weighted by Crippen LogP contribution is -2.31. The Kier molecular flexibility index (Phi) is 8.55. The number of hydrogen-bond donors (Lipinski definition) is 1. The maximum absolute atomic E-state index is 13.3. The molecule has 1 unspecified atom stereocenters. The molecular weight excluding hydrogens is 478 g/mol. The monoisotopic (exact) mass is 511 g/mol. The number of ether oxygens (including phenoxy) is 5. The molecule has 4 rings (SSSR count). The smallest absolute Gasteiger partial charge is 0.295 e. The van der Waals surface area contributed by atoms with Crippen molar-refractivity contribution in [3.05, 3.63) is 53.1 Å². The SMILES string of the molecule is CCCOc1ccc(C2/C(=C(\O)c3ccc4c(c3)OCCO4)C(=O)C(=O)N2CCCOC)cc1OCC. The summed E-state index contributed by atoms with van der Waals surface area (Å²) in [5, 5.41) is 11.4. The molecule has 0 spiro atoms. The Balaban J connectivity index is 1.81. The van der Waals surface area contributed by atoms with Gasteiger partial charge in [-0.05, 0) is 55.7 Å². The van der Waals surface area contributed by atoms with Gasteiger partial charge in [0.15, 0.2) is 23.0 Å². The molecule has 2 aromatic rings. The number of ketones is 1. The summed E-state index contributed by atoms with van der Waals surface area (Å²) >= 11 is 0. The molecule has 0 saturated carbocycles. The van der Waals surface area contributed by atoms with Crippen LogP contribution in [0.25, 0.3) is 5.76 Å². The van der Waals surface area contributed by atoms with Crippen LogP contribution < -0.4 is 18.9 Å². The van der Waals surface area contributed by atoms with Gasteiger partial charge in [0.2, 0.25) is 0 Å². The summed E-state index contributed by atoms with van der Waals surface area (Å²) in [6.07, 6.45) is 1.36. The van der Waals surface area contributed by atoms with Gasteiger partial charge in [-0.15, -0.1) is 0 Å². The number of benzene rings is 2. The van der Waals surface area contributed by atoms with E-state index in [1.165, 1.54) is 4.90 Å². The van der Waals surface area contributed by atoms with Crippen molar-refractivity contribution < 1.29 is 38.4 Å². The van der Waals surface area contributed by atoms with Crippen LogP contribution in [-0.4, -0.2) is 68.4 Å². The molecular formula is C28H33NO8. The molecule has 1 fully saturated rings. The zero-order valence-electron chi connectivity index (χ0n) is 21.5. The van der Waals surface area contributed by atoms with E-state index in [0.29, 0.717) is 73.6 Å². The van der Waals surface area contributed by atoms with Gasteiger partial charge < -0.3 is 33.7 Å². The van der Waals surface area contributed by atoms with Gasteiger partial charge in [0.1, 0.15) is 19.0 Å². The van der Waals surface area contributed by atoms with Crippen LogP contribution in [0.2, 0.25) is 0 Å². The molecule has 2 aromatic carbocycles. The fraction of sp³-hybridized carbons (Fsp3) is 0.429. The van der Waals surface area contributed by atoms with Crippen LogP contribution in [0.1, 0.15) is 43.9 Å². The minimum absolute atomic E-state index is 0.00349. The minimum atomic E-state index is -0.815. The van der Waals surface area contributed by atoms with E-state index in [2.05, 4.69) is 0 Å². The van der Waals surface area contributed by atoms with Crippen molar-refractivity contribution in [2.24, 2.45) is 0 Å². The fourth-order valence-corrected chi connectivity index (χ4v) is 4.48. The number of fused-ring (bicyclic) bond motifs is 1. The highest BCUT2D eigenvalue weighted by Gasteiger charge is 2.46. The van der Waals surface area contributed by atoms with Crippen molar-refractivity contribution in [1.29, 1.82) is 0 Å². The van der Waals surface area contributed by atoms with Crippen molar-refractivity contribution in [2.45, 2.75) is 32.7 Å². The summed E-state index contributed by atoms with van der Waals surface area (Å²) in [5.74, 6) is 0.411. The van der Waals surface area contributed by atoms with Gasteiger partial charge in [0.25, 0.3) is 11.7 Å². The molecule has 0 bridgehead atoms. The van der Waals surface area contributed by atoms with Gasteiger partial charge in [-0.3, -0.25) is 9.59 Å². The molecule has 1 saturated heterocycles. The predicted molar refractivity (Wildman–Crippen MR) is 136 cm³/mol. The van der Waals surface area contributed by atoms with E-state index in [1.807, 2.05) is 13.8 Å². The molecule has 1 N–H and O–H groups in total. The number of rotatable bonds is 11. The number of methoxy groups -OCH3 is 1. The molecule has 198 valence electrons. The topological polar surface area (TPSA) is 104 Å². The van der Waals surface area contributed by atoms with Gasteiger partial charge in [-0.2, -0.15) is 0 Å². The van der Waals surface area contributed by atoms with E-state index in [1.54, 1.807) is 43.5 Å². The Morgan fingerprint density at radius 1 is 1.00 bits per heavy atom. The van der Waals surface area contributed by atoms with Crippen LogP contribution in [0.15, 0.2) is 42.0 Å². The molecule has 9 nitrogen and oxygen atoms in total. The van der Waals surface area contributed by atoms with Crippen molar-refractivity contribution in [3.8, 4) is 23.0 Å². The average molecular weight is 512 g/mol. The summed E-state index contributed by atoms with van der Waals surface area (Å²) in [4.78, 5) is 27.9. The zero-order chi connectivity index (χ0) is 26.4. The number of amides is 1. The van der Waals surface area contributed by atoms with Crippen molar-refractivity contribution in [1.82, 2.24) is 4.90 Å². The number of Topliss-reactive ketones (excluding diaryl/α,β-unsaturated/α-hetero) is 1. The average Bonchev–Trinajstić information content (AvgIpc) is 3.17. The van der Waals surface area contributed by atoms with E-state index in [0.717, 1.165) is 6.42 Å². The maximum Gasteiger partial charge on any atom is 0.295 e. The summed E-state index contributed by atoms with van der Waals surface area (Å²) in [6.45, 7) is 6.34. The fourth-order valence-electron chi connectivity index (χ4n) is 4.48. The lowest BCUT2D eigenvalue weighted by Gasteiger charge is -2.26. The first-order chi connectivity index (χ1) is 18.0. The number of aliphatic hydroxyl groups excluding tert-OH is 1. The normalized spacial score (nSPS) is 18.2. The number of carbonyl (C=O) groups excluding carboxylic acids is 2. The van der Waals surface area contributed by atoms with Gasteiger partial charge >= 0.3 is 0 Å². The number of nitrogens with zero attached hydrogens (tertiary/aromatic N) is 1. The van der Waals surface area contributed by atoms with Crippen molar-refractivity contribution >= 4 is 17.4 Å². The van der Waals surface area contributed by atoms with Crippen molar-refractivity contribution in [3.63, 3.8) is 0 Å². The highest BCUT2D eigenvalue weighted by molar-refractivity contribution is 6.46. The highest BCUT2D eigenvalue weighted by Crippen LogP contribution is 2.43. The van der Waals surface area contributed by atoms with Gasteiger partial charge in [-0.25, -0.2) is 0 Å². The van der Waals surface area contributed by atoms with Crippen LogP contribution in [-0.2, 0) is 14.3 Å². The van der Waals surface area contributed by atoms with Gasteiger partial charge in [-0.1, -0.05) is 13.0 Å². The predicted octanol–water partition coefficient (Wildman–Crippen LogP) is 4.10. The first kappa shape index (κ1) is 26.3. The van der Waals surface area contributed by atoms with E-state index < -0.39 is 17.7 Å². The molecule has 2 aliphatic rings. The van der Waals surface area contributed by atoms with Crippen LogP contribution >= 0.6 is 0 Å². The third kappa shape index (κ3) is 5.51. The van der Waals surface area contributed by atoms with Crippen LogP contribution in [0.3, 0.4) is 0 Å². The molecule has 2 heterocycles. The molecule has 0 aliphatic carbocycles. The standard InChI is InChI=1S/C28H33NO8/c1-4-12-35-20-9-7-18(16-22(20)34-5-2)25-24(27(31)28(32)29(25)11-6-13-33-3)26(30)19-8-10-21-23(17-19)37-15-14-36-21/h7-10,16-17,25,30H,4-6,11-15H2,1-3H3/b26-24+. The van der Waals surface area contributed by atoms with E-state index >= 15 is 0 Å². The number of likely N-dealkylation sites (tertiary alicyclic amines) is 1. The third-order valence-electron chi connectivity index (χ3n) is 6.15. The summed E-state index contributed by atoms with van der Waals surface area (Å²) in [5.41, 5.74) is 0.990. The Hall–Kier alpha value is -3.72. The molecule has 2 aliphatic heterocycles. The second kappa shape index (κ2) is 12.0. The molecule has 1 atom stereocenters. The second-order valence-corrected chi connectivity index (χ2v) is 8.68. The first-order valence-electron chi connectivity index (χ1n) is 12.6. The van der Waals surface area contributed by atoms with E-state index in [9.17, 15) is 14.7 Å². The Bertz CT molecular complexity index is 1170. The Morgan fingerprint density at radius 3 is 2.51 bits per heavy atom. The molecule has 0 aromatic heterocycles. The van der Waals surface area contributed by atoms with Gasteiger partial charge in [0, 0.05) is 25.8 Å². The van der Waals surface area contributed by atoms with E-state index in [-0.39, 0.29) is 17.9 Å². The zero-order valence-corrected chi connectivity index (χ0v) is 21.5. The number of hydrogen-bond acceptors (Lipinski definition) is 8. The molecule has 9 heteroatoms. The summed E-state index contributed by atoms with van der Waals surface area (Å²) in [6, 6.07) is 9.47. The molecule has 37 heavy (non-hydrogen) atoms. The lowest BCUT2D eigenvalue weighted by atomic mass is 9.94. The van der Waals surface area contributed by atoms with Gasteiger partial charge in [0.05, 0.1) is 24.8 Å². The summed E-state index contributed by atoms with van der Waals surface area (Å²) in [7, 11) is 1.58.